The Bertz CT molecular complexity index is 3400. The van der Waals surface area contributed by atoms with E-state index in [9.17, 15) is 91.7 Å². The van der Waals surface area contributed by atoms with Gasteiger partial charge in [-0.05, 0) is 130 Å². The lowest BCUT2D eigenvalue weighted by molar-refractivity contribution is -0.144. The van der Waals surface area contributed by atoms with Crippen molar-refractivity contribution in [1.29, 1.82) is 0 Å². The Morgan fingerprint density at radius 2 is 0.626 bits per heavy atom. The second-order valence-electron chi connectivity index (χ2n) is 37.0. The highest BCUT2D eigenvalue weighted by Crippen LogP contribution is 2.26. The predicted octanol–water partition coefficient (Wildman–Crippen LogP) is 11.2. The molecule has 0 fully saturated rings. The summed E-state index contributed by atoms with van der Waals surface area (Å²) in [5.41, 5.74) is 17.3. The number of carboxylic acid groups (broad SMARTS) is 4. The molecule has 808 valence electrons. The van der Waals surface area contributed by atoms with Gasteiger partial charge in [0.25, 0.3) is 0 Å². The normalized spacial score (nSPS) is 12.7. The first-order chi connectivity index (χ1) is 66.7. The van der Waals surface area contributed by atoms with Crippen molar-refractivity contribution in [2.24, 2.45) is 35.0 Å². The Labute approximate surface area is 830 Å². The van der Waals surface area contributed by atoms with Gasteiger partial charge in [-0.3, -0.25) is 76.7 Å². The molecule has 0 saturated carbocycles. The fraction of sp³-hybridized carbons (Fsp3) is 0.832. The Hall–Kier alpha value is -8.05. The van der Waals surface area contributed by atoms with Gasteiger partial charge in [0.2, 0.25) is 35.4 Å². The summed E-state index contributed by atoms with van der Waals surface area (Å²) in [6, 6.07) is -2.68. The van der Waals surface area contributed by atoms with E-state index < -0.39 is 65.3 Å². The largest absolute Gasteiger partial charge is 0.481 e. The highest BCUT2D eigenvalue weighted by molar-refractivity contribution is 5.94. The fourth-order valence-corrected chi connectivity index (χ4v) is 15.1. The number of unbranched alkanes of at least 4 members (excludes halogenated alkanes) is 27. The number of ketones is 7. The molecule has 0 aliphatic carbocycles. The number of carbonyl (C=O) groups is 17. The average molecular weight is 1990 g/mol. The van der Waals surface area contributed by atoms with Crippen molar-refractivity contribution in [1.82, 2.24) is 31.9 Å². The lowest BCUT2D eigenvalue weighted by atomic mass is 9.82. The zero-order valence-electron chi connectivity index (χ0n) is 84.5. The molecule has 0 aliphatic rings. The van der Waals surface area contributed by atoms with E-state index in [1.165, 1.54) is 13.3 Å². The molecule has 0 heterocycles. The Morgan fingerprint density at radius 1 is 0.281 bits per heavy atom. The van der Waals surface area contributed by atoms with Gasteiger partial charge in [0.05, 0.1) is 89.6 Å². The van der Waals surface area contributed by atoms with E-state index >= 15 is 0 Å². The maximum atomic E-state index is 13.8. The van der Waals surface area contributed by atoms with Crippen LogP contribution in [0, 0.1) is 17.8 Å². The minimum Gasteiger partial charge on any atom is -0.481 e. The van der Waals surface area contributed by atoms with Gasteiger partial charge in [-0.15, -0.1) is 0 Å². The summed E-state index contributed by atoms with van der Waals surface area (Å²) in [7, 11) is 0. The first-order valence-corrected chi connectivity index (χ1v) is 51.8. The van der Waals surface area contributed by atoms with E-state index in [2.05, 4.69) is 31.9 Å². The SMILES string of the molecule is CC(=O)[C@H](CCCCNC(=O)[C@@H](N)CCCCCC(=O)COCCOCCNC(=O)COCCOCCCC(=O)CC[C@H](NC(=O)CCCCCCCCCCCCCCC(=O)O)C(=O)O)CC(=O)[C@H](CCCCNC(=O)[C@@H](N)CCCCNC(=O)COCCOCCCC(=O)COCCOCCNC(=O)CC[C@H](CC(=O)CCCCCCCCCCCCCCC(=O)O)C(=O)O)CC(=O)C(C)(C)N.[HH].[HH].[HH]. The maximum absolute atomic E-state index is 13.8. The third-order valence-electron chi connectivity index (χ3n) is 23.7. The van der Waals surface area contributed by atoms with Crippen LogP contribution in [0.1, 0.15) is 365 Å². The van der Waals surface area contributed by atoms with Crippen LogP contribution in [-0.4, -0.2) is 282 Å². The van der Waals surface area contributed by atoms with Gasteiger partial charge < -0.3 is 107 Å². The number of hydrogen-bond acceptors (Lipinski definition) is 28. The summed E-state index contributed by atoms with van der Waals surface area (Å²) >= 11 is 0. The number of carboxylic acids is 4. The molecular formula is C101H185N9O29. The topological polar surface area (TPSA) is 595 Å². The van der Waals surface area contributed by atoms with Crippen molar-refractivity contribution in [3.8, 4) is 0 Å². The molecule has 16 N–H and O–H groups in total. The van der Waals surface area contributed by atoms with Crippen molar-refractivity contribution < 1.29 is 144 Å². The van der Waals surface area contributed by atoms with Crippen molar-refractivity contribution in [2.75, 3.05) is 138 Å². The Kier molecular flexibility index (Phi) is 84.8. The summed E-state index contributed by atoms with van der Waals surface area (Å²) in [4.78, 5) is 209. The zero-order chi connectivity index (χ0) is 103. The number of Topliss-reactive ketones (excluding diaryl/α,β-unsaturated/α-hetero) is 7. The summed E-state index contributed by atoms with van der Waals surface area (Å²) in [5, 5.41) is 53.0. The maximum Gasteiger partial charge on any atom is 0.326 e. The standard InChI is InChI=1S/C101H179N9O29.3H2/c1-78(111)79(39-31-34-55-108-97(126)86(102)45-27-24-26-42-84(114)74-136-67-66-135-62-58-107-94(121)77-139-70-63-132-59-37-43-82(112)51-52-88(100(130)131)110-92(119)47-28-21-17-13-9-5-7-11-15-19-23-30-49-96(124)125)72-89(116)80(73-90(117)101(2,3)104)40-32-35-56-109-98(127)87(103)46-33-36-54-105-93(120)76-138-69-64-133-60-38-44-85(115)75-137-68-65-134-61-57-106-91(118)53-50-81(99(128)129)71-83(113)41-25-20-16-12-8-4-6-10-14-18-22-29-48-95(122)123;;;/h79-81,86-88H,4-77,102-104H2,1-3H3,(H,105,120)(H,106,118)(H,107,121)(H,108,126)(H,109,127)(H,110,119)(H,122,123)(H,124,125)(H,128,129)(H,130,131);3*1H/t79-,80-,81-,86+,87+,88+;;;/m1.../s1. The minimum absolute atomic E-state index is 0. The van der Waals surface area contributed by atoms with Gasteiger partial charge in [-0.25, -0.2) is 4.79 Å². The van der Waals surface area contributed by atoms with Gasteiger partial charge >= 0.3 is 23.9 Å². The molecule has 6 atom stereocenters. The molecule has 0 aliphatic heterocycles. The van der Waals surface area contributed by atoms with Crippen molar-refractivity contribution in [2.45, 2.75) is 385 Å². The number of hydrogen-bond donors (Lipinski definition) is 13. The van der Waals surface area contributed by atoms with Crippen LogP contribution in [-0.2, 0) is 119 Å². The Balaban J connectivity index is -0.0000317. The highest BCUT2D eigenvalue weighted by Gasteiger charge is 2.32. The molecule has 0 aromatic heterocycles. The van der Waals surface area contributed by atoms with Crippen molar-refractivity contribution in [3.63, 3.8) is 0 Å². The molecule has 6 amide bonds. The molecule has 139 heavy (non-hydrogen) atoms. The van der Waals surface area contributed by atoms with Crippen molar-refractivity contribution in [3.05, 3.63) is 0 Å². The summed E-state index contributed by atoms with van der Waals surface area (Å²) < 4.78 is 43.5. The molecule has 0 unspecified atom stereocenters. The highest BCUT2D eigenvalue weighted by atomic mass is 16.5. The van der Waals surface area contributed by atoms with Crippen LogP contribution in [0.4, 0.5) is 0 Å². The molecular weight excluding hydrogens is 1800 g/mol. The molecule has 0 aromatic rings. The van der Waals surface area contributed by atoms with Crippen LogP contribution in [0.5, 0.6) is 0 Å². The summed E-state index contributed by atoms with van der Waals surface area (Å²) in [5.74, 6) is -9.07. The lowest BCUT2D eigenvalue weighted by Crippen LogP contribution is -2.43. The molecule has 0 saturated heterocycles. The second-order valence-corrected chi connectivity index (χ2v) is 37.0. The van der Waals surface area contributed by atoms with Crippen LogP contribution >= 0.6 is 0 Å². The fourth-order valence-electron chi connectivity index (χ4n) is 15.1. The number of carbonyl (C=O) groups excluding carboxylic acids is 13. The lowest BCUT2D eigenvalue weighted by Gasteiger charge is -2.23. The predicted molar refractivity (Wildman–Crippen MR) is 531 cm³/mol. The van der Waals surface area contributed by atoms with E-state index in [1.54, 1.807) is 13.8 Å². The Morgan fingerprint density at radius 3 is 1.05 bits per heavy atom. The molecule has 38 heteroatoms. The van der Waals surface area contributed by atoms with E-state index in [0.29, 0.717) is 142 Å². The van der Waals surface area contributed by atoms with Gasteiger partial charge in [0.15, 0.2) is 17.3 Å². The average Bonchev–Trinajstić information content (AvgIpc) is 0.865. The number of aliphatic carboxylic acids is 4. The molecule has 0 aromatic carbocycles. The number of amides is 6. The first kappa shape index (κ1) is 131. The van der Waals surface area contributed by atoms with Gasteiger partial charge in [-0.2, -0.15) is 0 Å². The number of nitrogens with one attached hydrogen (secondary N) is 6. The van der Waals surface area contributed by atoms with Crippen LogP contribution in [0.15, 0.2) is 0 Å². The molecule has 38 nitrogen and oxygen atoms in total. The number of nitrogens with two attached hydrogens (primary N) is 3. The molecule has 0 radical (unpaired) electrons. The first-order valence-electron chi connectivity index (χ1n) is 51.8. The minimum atomic E-state index is -1.18. The van der Waals surface area contributed by atoms with Gasteiger partial charge in [0.1, 0.15) is 55.6 Å². The van der Waals surface area contributed by atoms with Crippen LogP contribution in [0.2, 0.25) is 0 Å². The van der Waals surface area contributed by atoms with E-state index in [1.807, 2.05) is 0 Å². The third kappa shape index (κ3) is 85.3. The van der Waals surface area contributed by atoms with Crippen LogP contribution in [0.25, 0.3) is 0 Å². The summed E-state index contributed by atoms with van der Waals surface area (Å²) in [6.45, 7) is 7.88. The number of ether oxygens (including phenoxy) is 8. The second kappa shape index (κ2) is 90.0. The zero-order valence-corrected chi connectivity index (χ0v) is 84.5. The van der Waals surface area contributed by atoms with Gasteiger partial charge in [0, 0.05) is 139 Å². The summed E-state index contributed by atoms with van der Waals surface area (Å²) in [6.07, 6.45) is 33.5. The quantitative estimate of drug-likeness (QED) is 0.0252. The monoisotopic (exact) mass is 1990 g/mol. The van der Waals surface area contributed by atoms with E-state index in [4.69, 9.17) is 65.3 Å². The van der Waals surface area contributed by atoms with E-state index in [-0.39, 0.29) is 276 Å². The van der Waals surface area contributed by atoms with Crippen LogP contribution in [0.3, 0.4) is 0 Å². The van der Waals surface area contributed by atoms with Crippen molar-refractivity contribution >= 4 is 99.8 Å². The molecule has 0 bridgehead atoms. The molecule has 0 rings (SSSR count). The van der Waals surface area contributed by atoms with E-state index in [0.717, 1.165) is 135 Å². The van der Waals surface area contributed by atoms with Gasteiger partial charge in [-0.1, -0.05) is 154 Å². The number of rotatable bonds is 105. The smallest absolute Gasteiger partial charge is 0.326 e. The third-order valence-corrected chi connectivity index (χ3v) is 23.7. The van der Waals surface area contributed by atoms with Crippen LogP contribution < -0.4 is 49.1 Å². The molecule has 0 spiro atoms.